The molecule has 0 spiro atoms. The molecule has 5 heteroatoms. The third-order valence-electron chi connectivity index (χ3n) is 10.2. The summed E-state index contributed by atoms with van der Waals surface area (Å²) in [6.07, 6.45) is 9.19. The number of carboxylic acids is 1. The summed E-state index contributed by atoms with van der Waals surface area (Å²) in [7, 11) is 0. The fraction of sp³-hybridized carbons (Fsp3) is 0.958. The Morgan fingerprint density at radius 2 is 1.66 bits per heavy atom. The van der Waals surface area contributed by atoms with Gasteiger partial charge in [-0.2, -0.15) is 0 Å². The predicted octanol–water partition coefficient (Wildman–Crippen LogP) is 3.83. The molecule has 4 rings (SSSR count). The number of aliphatic carboxylic acids is 1. The molecular weight excluding hydrogens is 375 g/mol. The van der Waals surface area contributed by atoms with E-state index in [1.165, 1.54) is 25.7 Å². The molecule has 4 aliphatic rings. The quantitative estimate of drug-likeness (QED) is 0.609. The van der Waals surface area contributed by atoms with E-state index in [0.29, 0.717) is 35.5 Å². The van der Waals surface area contributed by atoms with Gasteiger partial charge in [0.2, 0.25) is 0 Å². The summed E-state index contributed by atoms with van der Waals surface area (Å²) in [5.74, 6) is 2.36. The topological polar surface area (TPSA) is 77.8 Å². The second-order valence-corrected chi connectivity index (χ2v) is 11.4. The molecular formula is C24H41NaO4. The van der Waals surface area contributed by atoms with E-state index >= 15 is 0 Å². The first-order chi connectivity index (χ1) is 13.2. The van der Waals surface area contributed by atoms with Crippen molar-refractivity contribution >= 4 is 35.5 Å². The predicted molar refractivity (Wildman–Crippen MR) is 116 cm³/mol. The number of aliphatic hydroxyl groups is 2. The molecule has 29 heavy (non-hydrogen) atoms. The Kier molecular flexibility index (Phi) is 7.24. The first-order valence-electron chi connectivity index (χ1n) is 11.7. The van der Waals surface area contributed by atoms with Crippen LogP contribution in [0.2, 0.25) is 0 Å². The van der Waals surface area contributed by atoms with Gasteiger partial charge >= 0.3 is 35.5 Å². The summed E-state index contributed by atoms with van der Waals surface area (Å²) < 4.78 is 0. The van der Waals surface area contributed by atoms with Crippen molar-refractivity contribution in [3.05, 3.63) is 0 Å². The van der Waals surface area contributed by atoms with E-state index in [9.17, 15) is 15.0 Å². The Hall–Kier alpha value is 0.390. The van der Waals surface area contributed by atoms with E-state index in [1.54, 1.807) is 0 Å². The van der Waals surface area contributed by atoms with Gasteiger partial charge in [0.15, 0.2) is 0 Å². The molecule has 4 aliphatic carbocycles. The first-order valence-corrected chi connectivity index (χ1v) is 11.7. The van der Waals surface area contributed by atoms with E-state index < -0.39 is 5.97 Å². The third kappa shape index (κ3) is 3.99. The molecule has 0 aromatic rings. The summed E-state index contributed by atoms with van der Waals surface area (Å²) in [4.78, 5) is 11.1. The second kappa shape index (κ2) is 8.73. The molecule has 0 saturated heterocycles. The van der Waals surface area contributed by atoms with Crippen LogP contribution in [0.15, 0.2) is 0 Å². The van der Waals surface area contributed by atoms with Gasteiger partial charge in [-0.15, -0.1) is 0 Å². The van der Waals surface area contributed by atoms with E-state index in [4.69, 9.17) is 5.11 Å². The Labute approximate surface area is 198 Å². The number of hydrogen-bond acceptors (Lipinski definition) is 3. The number of aliphatic hydroxyl groups excluding tert-OH is 2. The average molecular weight is 417 g/mol. The summed E-state index contributed by atoms with van der Waals surface area (Å²) in [5, 5.41) is 30.5. The van der Waals surface area contributed by atoms with Crippen LogP contribution >= 0.6 is 0 Å². The van der Waals surface area contributed by atoms with Gasteiger partial charge in [0.1, 0.15) is 0 Å². The normalized spacial score (nSPS) is 49.9. The van der Waals surface area contributed by atoms with E-state index in [1.807, 2.05) is 0 Å². The monoisotopic (exact) mass is 416 g/mol. The van der Waals surface area contributed by atoms with Crippen LogP contribution < -0.4 is 0 Å². The minimum atomic E-state index is -0.684. The molecule has 0 aromatic carbocycles. The van der Waals surface area contributed by atoms with Gasteiger partial charge < -0.3 is 15.3 Å². The van der Waals surface area contributed by atoms with Gasteiger partial charge in [-0.1, -0.05) is 20.8 Å². The molecule has 4 saturated carbocycles. The average Bonchev–Trinajstić information content (AvgIpc) is 2.98. The van der Waals surface area contributed by atoms with Crippen LogP contribution in [0.25, 0.3) is 0 Å². The molecule has 3 N–H and O–H groups in total. The Balaban J connectivity index is 0.00000240. The van der Waals surface area contributed by atoms with E-state index in [0.717, 1.165) is 32.1 Å². The van der Waals surface area contributed by atoms with Crippen molar-refractivity contribution in [1.29, 1.82) is 0 Å². The van der Waals surface area contributed by atoms with Crippen LogP contribution in [-0.2, 0) is 4.79 Å². The van der Waals surface area contributed by atoms with Crippen molar-refractivity contribution in [3.8, 4) is 0 Å². The van der Waals surface area contributed by atoms with Crippen molar-refractivity contribution < 1.29 is 20.1 Å². The molecule has 10 atom stereocenters. The molecule has 0 unspecified atom stereocenters. The molecule has 0 heterocycles. The van der Waals surface area contributed by atoms with Crippen molar-refractivity contribution in [1.82, 2.24) is 0 Å². The van der Waals surface area contributed by atoms with Crippen molar-refractivity contribution in [2.45, 2.75) is 97.2 Å². The zero-order chi connectivity index (χ0) is 20.3. The SMILES string of the molecule is C[C@H](CCC(=O)O)[C@H]1CC[C@H]2[C@@H]3[C@@H](O)C[C@@H]4C[C@H](O)CC[C@]4(C)[C@H]3CC[C@]12C.[NaH]. The van der Waals surface area contributed by atoms with Gasteiger partial charge in [0.25, 0.3) is 0 Å². The van der Waals surface area contributed by atoms with Crippen LogP contribution in [0.1, 0.15) is 85.0 Å². The number of hydrogen-bond donors (Lipinski definition) is 3. The Morgan fingerprint density at radius 3 is 2.34 bits per heavy atom. The van der Waals surface area contributed by atoms with E-state index in [-0.39, 0.29) is 59.0 Å². The minimum absolute atomic E-state index is 0. The molecule has 4 fully saturated rings. The van der Waals surface area contributed by atoms with Gasteiger partial charge in [0.05, 0.1) is 12.2 Å². The van der Waals surface area contributed by atoms with Gasteiger partial charge in [-0.05, 0) is 104 Å². The summed E-state index contributed by atoms with van der Waals surface area (Å²) in [6.45, 7) is 7.16. The van der Waals surface area contributed by atoms with E-state index in [2.05, 4.69) is 20.8 Å². The Morgan fingerprint density at radius 1 is 1.00 bits per heavy atom. The number of fused-ring (bicyclic) bond motifs is 5. The molecule has 4 nitrogen and oxygen atoms in total. The van der Waals surface area contributed by atoms with Crippen molar-refractivity contribution in [2.24, 2.45) is 46.3 Å². The fourth-order valence-corrected chi connectivity index (χ4v) is 8.73. The molecule has 0 aliphatic heterocycles. The number of rotatable bonds is 4. The van der Waals surface area contributed by atoms with Crippen molar-refractivity contribution in [3.63, 3.8) is 0 Å². The van der Waals surface area contributed by atoms with Crippen molar-refractivity contribution in [2.75, 3.05) is 0 Å². The second-order valence-electron chi connectivity index (χ2n) is 11.4. The van der Waals surface area contributed by atoms with Crippen LogP contribution in [0.5, 0.6) is 0 Å². The molecule has 0 amide bonds. The zero-order valence-electron chi connectivity index (χ0n) is 17.9. The molecule has 0 aromatic heterocycles. The van der Waals surface area contributed by atoms with Crippen LogP contribution in [0.4, 0.5) is 0 Å². The Bertz CT molecular complexity index is 612. The zero-order valence-corrected chi connectivity index (χ0v) is 17.9. The fourth-order valence-electron chi connectivity index (χ4n) is 8.73. The number of carbonyl (C=O) groups is 1. The third-order valence-corrected chi connectivity index (χ3v) is 10.2. The number of carboxylic acid groups (broad SMARTS) is 1. The molecule has 0 bridgehead atoms. The standard InChI is InChI=1S/C24H40O4.Na.H/c1-14(4-7-21(27)28)17-5-6-18-22-19(9-11-24(17,18)3)23(2)10-8-16(25)12-15(23)13-20(22)26;;/h14-20,22,25-26H,4-13H2,1-3H3,(H,27,28);;/t14-,15+,16-,17-,18+,19+,20+,22+,23+,24-;;/m1../s1. The first kappa shape index (κ1) is 24.0. The van der Waals surface area contributed by atoms with Gasteiger partial charge in [-0.3, -0.25) is 4.79 Å². The van der Waals surface area contributed by atoms with Crippen LogP contribution in [0.3, 0.4) is 0 Å². The maximum atomic E-state index is 11.2. The summed E-state index contributed by atoms with van der Waals surface area (Å²) >= 11 is 0. The van der Waals surface area contributed by atoms with Gasteiger partial charge in [0, 0.05) is 6.42 Å². The van der Waals surface area contributed by atoms with Crippen LogP contribution in [-0.4, -0.2) is 63.1 Å². The summed E-state index contributed by atoms with van der Waals surface area (Å²) in [5.41, 5.74) is 0.523. The molecule has 0 radical (unpaired) electrons. The van der Waals surface area contributed by atoms with Gasteiger partial charge in [-0.25, -0.2) is 0 Å². The maximum absolute atomic E-state index is 11.2. The molecule has 162 valence electrons. The van der Waals surface area contributed by atoms with Crippen LogP contribution in [0, 0.1) is 46.3 Å². The summed E-state index contributed by atoms with van der Waals surface area (Å²) in [6, 6.07) is 0.